The number of halogens is 2. The fraction of sp³-hybridized carbons (Fsp3) is 0.263. The molecule has 0 aliphatic carbocycles. The number of carbonyl (C=O) groups excluding carboxylic acids is 1. The van der Waals surface area contributed by atoms with E-state index in [4.69, 9.17) is 27.9 Å². The van der Waals surface area contributed by atoms with Gasteiger partial charge in [-0.05, 0) is 38.1 Å². The number of ether oxygens (including phenoxy) is 1. The maximum atomic E-state index is 11.8. The van der Waals surface area contributed by atoms with Crippen LogP contribution >= 0.6 is 23.2 Å². The van der Waals surface area contributed by atoms with Crippen LogP contribution in [0.15, 0.2) is 36.7 Å². The van der Waals surface area contributed by atoms with Crippen molar-refractivity contribution in [1.29, 1.82) is 0 Å². The first-order valence-corrected chi connectivity index (χ1v) is 9.00. The summed E-state index contributed by atoms with van der Waals surface area (Å²) in [6.45, 7) is 6.01. The molecule has 0 saturated heterocycles. The van der Waals surface area contributed by atoms with Gasteiger partial charge < -0.3 is 14.0 Å². The predicted octanol–water partition coefficient (Wildman–Crippen LogP) is 4.90. The molecule has 2 heterocycles. The third-order valence-corrected chi connectivity index (χ3v) is 4.87. The highest BCUT2D eigenvalue weighted by molar-refractivity contribution is 6.38. The molecule has 0 saturated carbocycles. The van der Waals surface area contributed by atoms with Gasteiger partial charge in [-0.25, -0.2) is 4.98 Å². The first kappa shape index (κ1) is 18.5. The van der Waals surface area contributed by atoms with Crippen molar-refractivity contribution >= 4 is 40.4 Å². The Morgan fingerprint density at radius 3 is 2.77 bits per heavy atom. The van der Waals surface area contributed by atoms with Gasteiger partial charge in [-0.1, -0.05) is 23.2 Å². The summed E-state index contributed by atoms with van der Waals surface area (Å²) in [5.74, 6) is 0.554. The molecule has 0 aliphatic rings. The molecule has 0 spiro atoms. The Labute approximate surface area is 162 Å². The SMILES string of the molecule is CCN(C(C)=O)c1ccc(Cl)c(COc2cccn3cc(C)nc23)c1Cl. The fourth-order valence-corrected chi connectivity index (χ4v) is 3.44. The molecule has 3 rings (SSSR count). The van der Waals surface area contributed by atoms with Crippen LogP contribution in [0.2, 0.25) is 10.0 Å². The molecule has 0 radical (unpaired) electrons. The number of aryl methyl sites for hydroxylation is 1. The minimum absolute atomic E-state index is 0.0822. The number of pyridine rings is 1. The third kappa shape index (κ3) is 3.50. The number of nitrogens with zero attached hydrogens (tertiary/aromatic N) is 3. The van der Waals surface area contributed by atoms with Gasteiger partial charge in [0.25, 0.3) is 0 Å². The molecule has 0 N–H and O–H groups in total. The van der Waals surface area contributed by atoms with Crippen molar-refractivity contribution in [3.8, 4) is 5.75 Å². The zero-order chi connectivity index (χ0) is 18.8. The summed E-state index contributed by atoms with van der Waals surface area (Å²) in [6, 6.07) is 7.21. The summed E-state index contributed by atoms with van der Waals surface area (Å²) in [4.78, 5) is 17.9. The summed E-state index contributed by atoms with van der Waals surface area (Å²) in [5.41, 5.74) is 2.89. The van der Waals surface area contributed by atoms with Gasteiger partial charge >= 0.3 is 0 Å². The summed E-state index contributed by atoms with van der Waals surface area (Å²) in [5, 5.41) is 0.908. The molecule has 7 heteroatoms. The van der Waals surface area contributed by atoms with E-state index in [1.807, 2.05) is 42.8 Å². The summed E-state index contributed by atoms with van der Waals surface area (Å²) in [7, 11) is 0. The number of fused-ring (bicyclic) bond motifs is 1. The van der Waals surface area contributed by atoms with Crippen LogP contribution < -0.4 is 9.64 Å². The molecule has 1 amide bonds. The van der Waals surface area contributed by atoms with E-state index in [1.54, 1.807) is 17.0 Å². The van der Waals surface area contributed by atoms with Crippen LogP contribution in [0.5, 0.6) is 5.75 Å². The number of hydrogen-bond donors (Lipinski definition) is 0. The van der Waals surface area contributed by atoms with Gasteiger partial charge in [-0.3, -0.25) is 4.79 Å². The lowest BCUT2D eigenvalue weighted by atomic mass is 10.2. The Balaban J connectivity index is 1.93. The zero-order valence-electron chi connectivity index (χ0n) is 14.8. The Bertz CT molecular complexity index is 969. The number of imidazole rings is 1. The lowest BCUT2D eigenvalue weighted by molar-refractivity contribution is -0.116. The van der Waals surface area contributed by atoms with Crippen molar-refractivity contribution in [3.05, 3.63) is 58.0 Å². The Kier molecular flexibility index (Phi) is 5.39. The molecule has 0 aliphatic heterocycles. The van der Waals surface area contributed by atoms with Crippen molar-refractivity contribution in [2.24, 2.45) is 0 Å². The number of aromatic nitrogens is 2. The first-order chi connectivity index (χ1) is 12.4. The monoisotopic (exact) mass is 391 g/mol. The molecule has 26 heavy (non-hydrogen) atoms. The number of rotatable bonds is 5. The Morgan fingerprint density at radius 1 is 1.31 bits per heavy atom. The summed E-state index contributed by atoms with van der Waals surface area (Å²) < 4.78 is 7.86. The minimum Gasteiger partial charge on any atom is -0.485 e. The summed E-state index contributed by atoms with van der Waals surface area (Å²) in [6.07, 6.45) is 3.84. The quantitative estimate of drug-likeness (QED) is 0.621. The highest BCUT2D eigenvalue weighted by Gasteiger charge is 2.18. The number of benzene rings is 1. The molecule has 0 atom stereocenters. The fourth-order valence-electron chi connectivity index (χ4n) is 2.86. The molecule has 136 valence electrons. The van der Waals surface area contributed by atoms with Gasteiger partial charge in [-0.2, -0.15) is 0 Å². The molecular weight excluding hydrogens is 373 g/mol. The van der Waals surface area contributed by atoms with E-state index in [1.165, 1.54) is 6.92 Å². The molecule has 1 aromatic carbocycles. The smallest absolute Gasteiger partial charge is 0.223 e. The second-order valence-electron chi connectivity index (χ2n) is 5.90. The Hall–Kier alpha value is -2.24. The Morgan fingerprint density at radius 2 is 2.08 bits per heavy atom. The lowest BCUT2D eigenvalue weighted by Crippen LogP contribution is -2.28. The molecule has 0 bridgehead atoms. The van der Waals surface area contributed by atoms with Crippen LogP contribution in [0.3, 0.4) is 0 Å². The maximum Gasteiger partial charge on any atom is 0.223 e. The average Bonchev–Trinajstić information content (AvgIpc) is 2.98. The van der Waals surface area contributed by atoms with Crippen LogP contribution in [0.1, 0.15) is 25.1 Å². The zero-order valence-corrected chi connectivity index (χ0v) is 16.3. The van der Waals surface area contributed by atoms with E-state index >= 15 is 0 Å². The van der Waals surface area contributed by atoms with Crippen LogP contribution in [-0.4, -0.2) is 21.8 Å². The molecular formula is C19H19Cl2N3O2. The lowest BCUT2D eigenvalue weighted by Gasteiger charge is -2.22. The first-order valence-electron chi connectivity index (χ1n) is 8.24. The van der Waals surface area contributed by atoms with Crippen molar-refractivity contribution in [3.63, 3.8) is 0 Å². The molecule has 5 nitrogen and oxygen atoms in total. The van der Waals surface area contributed by atoms with Crippen molar-refractivity contribution < 1.29 is 9.53 Å². The van der Waals surface area contributed by atoms with Crippen molar-refractivity contribution in [2.75, 3.05) is 11.4 Å². The standard InChI is InChI=1S/C19H19Cl2N3O2/c1-4-24(13(3)25)16-8-7-15(20)14(18(16)21)11-26-17-6-5-9-23-10-12(2)22-19(17)23/h5-10H,4,11H2,1-3H3. The second kappa shape index (κ2) is 7.56. The van der Waals surface area contributed by atoms with Crippen LogP contribution in [0.25, 0.3) is 5.65 Å². The summed E-state index contributed by atoms with van der Waals surface area (Å²) >= 11 is 12.9. The van der Waals surface area contributed by atoms with E-state index in [0.29, 0.717) is 33.6 Å². The van der Waals surface area contributed by atoms with Gasteiger partial charge in [0.05, 0.1) is 16.4 Å². The van der Waals surface area contributed by atoms with E-state index in [9.17, 15) is 4.79 Å². The third-order valence-electron chi connectivity index (χ3n) is 4.09. The molecule has 0 fully saturated rings. The number of anilines is 1. The molecule has 0 unspecified atom stereocenters. The van der Waals surface area contributed by atoms with Gasteiger partial charge in [0, 0.05) is 36.4 Å². The van der Waals surface area contributed by atoms with Gasteiger partial charge in [0.2, 0.25) is 5.91 Å². The van der Waals surface area contributed by atoms with Gasteiger partial charge in [-0.15, -0.1) is 0 Å². The van der Waals surface area contributed by atoms with E-state index in [-0.39, 0.29) is 12.5 Å². The number of amides is 1. The number of carbonyl (C=O) groups is 1. The van der Waals surface area contributed by atoms with Crippen molar-refractivity contribution in [2.45, 2.75) is 27.4 Å². The normalized spacial score (nSPS) is 11.0. The predicted molar refractivity (Wildman–Crippen MR) is 104 cm³/mol. The largest absolute Gasteiger partial charge is 0.485 e. The van der Waals surface area contributed by atoms with E-state index in [0.717, 1.165) is 11.3 Å². The van der Waals surface area contributed by atoms with Crippen LogP contribution in [0.4, 0.5) is 5.69 Å². The molecule has 3 aromatic rings. The average molecular weight is 392 g/mol. The topological polar surface area (TPSA) is 46.8 Å². The molecule has 2 aromatic heterocycles. The maximum absolute atomic E-state index is 11.8. The van der Waals surface area contributed by atoms with Gasteiger partial charge in [0.15, 0.2) is 11.4 Å². The second-order valence-corrected chi connectivity index (χ2v) is 6.68. The number of hydrogen-bond acceptors (Lipinski definition) is 3. The van der Waals surface area contributed by atoms with E-state index < -0.39 is 0 Å². The van der Waals surface area contributed by atoms with Crippen LogP contribution in [0, 0.1) is 6.92 Å². The highest BCUT2D eigenvalue weighted by atomic mass is 35.5. The van der Waals surface area contributed by atoms with Crippen molar-refractivity contribution in [1.82, 2.24) is 9.38 Å². The minimum atomic E-state index is -0.0822. The van der Waals surface area contributed by atoms with Gasteiger partial charge in [0.1, 0.15) is 6.61 Å². The van der Waals surface area contributed by atoms with E-state index in [2.05, 4.69) is 4.98 Å². The highest BCUT2D eigenvalue weighted by Crippen LogP contribution is 2.35. The van der Waals surface area contributed by atoms with Crippen LogP contribution in [-0.2, 0) is 11.4 Å².